The average molecular weight is 613 g/mol. The largest absolute Gasteiger partial charge is 0.245 e. The maximum Gasteiger partial charge on any atom is 0.0978 e. The van der Waals surface area contributed by atoms with E-state index in [1.807, 2.05) is 72.8 Å². The Kier molecular flexibility index (Phi) is 6.76. The number of para-hydroxylation sites is 1. The number of benzene rings is 6. The van der Waals surface area contributed by atoms with E-state index >= 15 is 0 Å². The summed E-state index contributed by atoms with van der Waals surface area (Å²) in [6.07, 6.45) is 0. The molecule has 6 aromatic carbocycles. The number of fused-ring (bicyclic) bond motifs is 4. The summed E-state index contributed by atoms with van der Waals surface area (Å²) in [6.45, 7) is 0. The van der Waals surface area contributed by atoms with Crippen LogP contribution >= 0.6 is 0 Å². The highest BCUT2D eigenvalue weighted by atomic mass is 14.8. The minimum atomic E-state index is 0.839. The van der Waals surface area contributed by atoms with Crippen LogP contribution in [0.25, 0.3) is 89.0 Å². The molecule has 48 heavy (non-hydrogen) atoms. The third kappa shape index (κ3) is 4.88. The first-order chi connectivity index (χ1) is 23.8. The Labute approximate surface area is 278 Å². The van der Waals surface area contributed by atoms with Crippen LogP contribution in [-0.4, -0.2) is 19.9 Å². The van der Waals surface area contributed by atoms with Gasteiger partial charge in [0.25, 0.3) is 0 Å². The Morgan fingerprint density at radius 3 is 1.44 bits per heavy atom. The molecule has 9 aromatic rings. The quantitative estimate of drug-likeness (QED) is 0.181. The van der Waals surface area contributed by atoms with Crippen LogP contribution in [0.1, 0.15) is 0 Å². The summed E-state index contributed by atoms with van der Waals surface area (Å²) in [4.78, 5) is 21.2. The van der Waals surface area contributed by atoms with Crippen LogP contribution in [0, 0.1) is 0 Å². The van der Waals surface area contributed by atoms with Crippen LogP contribution in [0.15, 0.2) is 170 Å². The molecule has 0 saturated heterocycles. The topological polar surface area (TPSA) is 51.6 Å². The molecule has 0 unspecified atom stereocenters. The van der Waals surface area contributed by atoms with Gasteiger partial charge in [-0.1, -0.05) is 140 Å². The van der Waals surface area contributed by atoms with Gasteiger partial charge in [-0.15, -0.1) is 0 Å². The van der Waals surface area contributed by atoms with E-state index in [1.54, 1.807) is 0 Å². The lowest BCUT2D eigenvalue weighted by atomic mass is 9.95. The highest BCUT2D eigenvalue weighted by Gasteiger charge is 2.19. The molecule has 0 N–H and O–H groups in total. The maximum absolute atomic E-state index is 5.41. The predicted octanol–water partition coefficient (Wildman–Crippen LogP) is 11.1. The normalized spacial score (nSPS) is 11.3. The van der Waals surface area contributed by atoms with E-state index < -0.39 is 0 Å². The number of aromatic nitrogens is 4. The highest BCUT2D eigenvalue weighted by Crippen LogP contribution is 2.40. The number of hydrogen-bond acceptors (Lipinski definition) is 4. The predicted molar refractivity (Wildman–Crippen MR) is 197 cm³/mol. The van der Waals surface area contributed by atoms with Gasteiger partial charge in [0.05, 0.1) is 44.8 Å². The lowest BCUT2D eigenvalue weighted by molar-refractivity contribution is 1.29. The second kappa shape index (κ2) is 11.7. The molecule has 0 saturated carbocycles. The van der Waals surface area contributed by atoms with E-state index in [9.17, 15) is 0 Å². The molecule has 0 amide bonds. The number of rotatable bonds is 5. The van der Waals surface area contributed by atoms with Crippen molar-refractivity contribution >= 4 is 32.8 Å². The van der Waals surface area contributed by atoms with Crippen molar-refractivity contribution < 1.29 is 0 Å². The Morgan fingerprint density at radius 1 is 0.312 bits per heavy atom. The first-order valence-electron chi connectivity index (χ1n) is 16.1. The van der Waals surface area contributed by atoms with Gasteiger partial charge in [0, 0.05) is 38.6 Å². The zero-order valence-corrected chi connectivity index (χ0v) is 26.0. The molecular formula is C44H28N4. The van der Waals surface area contributed by atoms with Crippen molar-refractivity contribution in [3.63, 3.8) is 0 Å². The van der Waals surface area contributed by atoms with Crippen molar-refractivity contribution in [1.82, 2.24) is 19.9 Å². The minimum Gasteiger partial charge on any atom is -0.245 e. The molecule has 3 heterocycles. The lowest BCUT2D eigenvalue weighted by Gasteiger charge is -2.15. The molecule has 0 radical (unpaired) electrons. The van der Waals surface area contributed by atoms with Crippen molar-refractivity contribution in [2.75, 3.05) is 0 Å². The van der Waals surface area contributed by atoms with E-state index in [-0.39, 0.29) is 0 Å². The molecule has 0 aliphatic heterocycles. The monoisotopic (exact) mass is 612 g/mol. The van der Waals surface area contributed by atoms with Crippen molar-refractivity contribution in [2.24, 2.45) is 0 Å². The van der Waals surface area contributed by atoms with Gasteiger partial charge in [0.1, 0.15) is 0 Å². The van der Waals surface area contributed by atoms with Crippen molar-refractivity contribution in [2.45, 2.75) is 0 Å². The van der Waals surface area contributed by atoms with Gasteiger partial charge in [-0.2, -0.15) is 0 Å². The van der Waals surface area contributed by atoms with Crippen molar-refractivity contribution in [1.29, 1.82) is 0 Å². The molecule has 0 aliphatic carbocycles. The number of nitrogens with zero attached hydrogens (tertiary/aromatic N) is 4. The van der Waals surface area contributed by atoms with Gasteiger partial charge in [-0.25, -0.2) is 19.9 Å². The molecule has 0 bridgehead atoms. The molecule has 0 spiro atoms. The van der Waals surface area contributed by atoms with Crippen LogP contribution in [-0.2, 0) is 0 Å². The van der Waals surface area contributed by atoms with Crippen molar-refractivity contribution in [3.05, 3.63) is 170 Å². The van der Waals surface area contributed by atoms with Gasteiger partial charge >= 0.3 is 0 Å². The molecule has 9 rings (SSSR count). The van der Waals surface area contributed by atoms with E-state index in [0.717, 1.165) is 89.0 Å². The van der Waals surface area contributed by atoms with Crippen LogP contribution in [0.3, 0.4) is 0 Å². The summed E-state index contributed by atoms with van der Waals surface area (Å²) in [5.74, 6) is 0. The van der Waals surface area contributed by atoms with E-state index in [0.29, 0.717) is 0 Å². The number of pyridine rings is 2. The van der Waals surface area contributed by atoms with Gasteiger partial charge in [-0.3, -0.25) is 0 Å². The average Bonchev–Trinajstić information content (AvgIpc) is 3.18. The molecule has 0 atom stereocenters. The molecule has 224 valence electrons. The van der Waals surface area contributed by atoms with E-state index in [2.05, 4.69) is 97.1 Å². The van der Waals surface area contributed by atoms with Crippen LogP contribution in [0.4, 0.5) is 0 Å². The van der Waals surface area contributed by atoms with Gasteiger partial charge in [0.15, 0.2) is 0 Å². The molecule has 4 heteroatoms. The fourth-order valence-corrected chi connectivity index (χ4v) is 6.52. The van der Waals surface area contributed by atoms with Crippen LogP contribution < -0.4 is 0 Å². The molecule has 4 nitrogen and oxygen atoms in total. The Hall–Kier alpha value is -6.52. The molecule has 0 aliphatic rings. The summed E-state index contributed by atoms with van der Waals surface area (Å²) in [5.41, 5.74) is 13.2. The summed E-state index contributed by atoms with van der Waals surface area (Å²) < 4.78 is 0. The second-order valence-corrected chi connectivity index (χ2v) is 11.8. The first-order valence-corrected chi connectivity index (χ1v) is 16.1. The number of hydrogen-bond donors (Lipinski definition) is 0. The van der Waals surface area contributed by atoms with E-state index in [4.69, 9.17) is 19.9 Å². The highest BCUT2D eigenvalue weighted by molar-refractivity contribution is 6.13. The van der Waals surface area contributed by atoms with Crippen LogP contribution in [0.5, 0.6) is 0 Å². The van der Waals surface area contributed by atoms with Gasteiger partial charge in [-0.05, 0) is 35.9 Å². The standard InChI is InChI=1S/C44H28N4/c1-5-14-29(15-6-1)37-26-24-33-28-36(35-25-27-38(30-16-7-2-8-17-30)46-44(35)42(33)45-37)34-22-13-23-39-43(34)48-41(32-20-11-4-12-21-32)40(47-39)31-18-9-3-10-19-31/h1-28H. The second-order valence-electron chi connectivity index (χ2n) is 11.8. The zero-order chi connectivity index (χ0) is 31.9. The Morgan fingerprint density at radius 2 is 0.833 bits per heavy atom. The SMILES string of the molecule is c1ccc(-c2ccc3cc(-c4cccc5nc(-c6ccccc6)c(-c6ccccc6)nc45)c4ccc(-c5ccccc5)nc4c3n2)cc1. The third-order valence-electron chi connectivity index (χ3n) is 8.85. The minimum absolute atomic E-state index is 0.839. The van der Waals surface area contributed by atoms with Crippen molar-refractivity contribution in [3.8, 4) is 56.2 Å². The van der Waals surface area contributed by atoms with Gasteiger partial charge < -0.3 is 0 Å². The lowest BCUT2D eigenvalue weighted by Crippen LogP contribution is -1.98. The fourth-order valence-electron chi connectivity index (χ4n) is 6.52. The summed E-state index contributed by atoms with van der Waals surface area (Å²) in [5, 5.41) is 2.03. The summed E-state index contributed by atoms with van der Waals surface area (Å²) in [6, 6.07) is 58.3. The Bertz CT molecular complexity index is 2590. The first kappa shape index (κ1) is 27.8. The van der Waals surface area contributed by atoms with E-state index in [1.165, 1.54) is 0 Å². The molecule has 3 aromatic heterocycles. The molecular weight excluding hydrogens is 585 g/mol. The fraction of sp³-hybridized carbons (Fsp3) is 0. The smallest absolute Gasteiger partial charge is 0.0978 e. The molecule has 0 fully saturated rings. The third-order valence-corrected chi connectivity index (χ3v) is 8.85. The summed E-state index contributed by atoms with van der Waals surface area (Å²) in [7, 11) is 0. The van der Waals surface area contributed by atoms with Gasteiger partial charge in [0.2, 0.25) is 0 Å². The zero-order valence-electron chi connectivity index (χ0n) is 26.0. The summed E-state index contributed by atoms with van der Waals surface area (Å²) >= 11 is 0. The maximum atomic E-state index is 5.41. The van der Waals surface area contributed by atoms with Crippen LogP contribution in [0.2, 0.25) is 0 Å². The Balaban J connectivity index is 1.33.